The summed E-state index contributed by atoms with van der Waals surface area (Å²) in [6, 6.07) is 6.10. The highest BCUT2D eigenvalue weighted by Gasteiger charge is 2.11. The maximum atomic E-state index is 13.2. The van der Waals surface area contributed by atoms with Crippen molar-refractivity contribution in [3.63, 3.8) is 0 Å². The SMILES string of the molecule is CCC(COc1cccc(F)c1C#N)OC. The zero-order chi connectivity index (χ0) is 12.0. The first-order valence-corrected chi connectivity index (χ1v) is 5.07. The fourth-order valence-corrected chi connectivity index (χ4v) is 1.27. The molecule has 0 N–H and O–H groups in total. The van der Waals surface area contributed by atoms with E-state index in [2.05, 4.69) is 0 Å². The van der Waals surface area contributed by atoms with Gasteiger partial charge in [0, 0.05) is 7.11 Å². The second-order valence-electron chi connectivity index (χ2n) is 3.30. The normalized spacial score (nSPS) is 11.9. The molecule has 1 rings (SSSR count). The van der Waals surface area contributed by atoms with Crippen LogP contribution >= 0.6 is 0 Å². The van der Waals surface area contributed by atoms with Crippen molar-refractivity contribution >= 4 is 0 Å². The predicted octanol–water partition coefficient (Wildman–Crippen LogP) is 2.50. The number of methoxy groups -OCH3 is 1. The lowest BCUT2D eigenvalue weighted by molar-refractivity contribution is 0.0554. The van der Waals surface area contributed by atoms with Crippen LogP contribution in [0.4, 0.5) is 4.39 Å². The van der Waals surface area contributed by atoms with Gasteiger partial charge in [0.2, 0.25) is 0 Å². The molecule has 1 aromatic carbocycles. The molecule has 0 heterocycles. The van der Waals surface area contributed by atoms with Crippen LogP contribution in [0.3, 0.4) is 0 Å². The highest BCUT2D eigenvalue weighted by Crippen LogP contribution is 2.20. The fourth-order valence-electron chi connectivity index (χ4n) is 1.27. The largest absolute Gasteiger partial charge is 0.489 e. The molecule has 0 bridgehead atoms. The van der Waals surface area contributed by atoms with Gasteiger partial charge < -0.3 is 9.47 Å². The lowest BCUT2D eigenvalue weighted by Crippen LogP contribution is -2.19. The Hall–Kier alpha value is -1.60. The molecule has 1 aromatic rings. The van der Waals surface area contributed by atoms with Gasteiger partial charge in [0.15, 0.2) is 0 Å². The van der Waals surface area contributed by atoms with Crippen LogP contribution in [-0.4, -0.2) is 19.8 Å². The topological polar surface area (TPSA) is 42.2 Å². The molecule has 0 amide bonds. The van der Waals surface area contributed by atoms with Crippen molar-refractivity contribution in [3.05, 3.63) is 29.6 Å². The van der Waals surface area contributed by atoms with Gasteiger partial charge in [-0.1, -0.05) is 13.0 Å². The Morgan fingerprint density at radius 2 is 2.25 bits per heavy atom. The molecule has 86 valence electrons. The number of halogens is 1. The molecule has 0 aliphatic carbocycles. The average molecular weight is 223 g/mol. The number of benzene rings is 1. The number of hydrogen-bond acceptors (Lipinski definition) is 3. The highest BCUT2D eigenvalue weighted by molar-refractivity contribution is 5.43. The molecule has 4 heteroatoms. The Kier molecular flexibility index (Phi) is 4.74. The third-order valence-electron chi connectivity index (χ3n) is 2.30. The van der Waals surface area contributed by atoms with Gasteiger partial charge in [-0.25, -0.2) is 4.39 Å². The maximum absolute atomic E-state index is 13.2. The van der Waals surface area contributed by atoms with E-state index in [0.717, 1.165) is 6.42 Å². The summed E-state index contributed by atoms with van der Waals surface area (Å²) in [6.07, 6.45) is 0.753. The van der Waals surface area contributed by atoms with E-state index in [4.69, 9.17) is 14.7 Å². The van der Waals surface area contributed by atoms with Crippen LogP contribution in [-0.2, 0) is 4.74 Å². The molecule has 0 radical (unpaired) electrons. The van der Waals surface area contributed by atoms with Crippen molar-refractivity contribution in [1.29, 1.82) is 5.26 Å². The van der Waals surface area contributed by atoms with Crippen LogP contribution in [0.2, 0.25) is 0 Å². The van der Waals surface area contributed by atoms with Crippen LogP contribution in [0.15, 0.2) is 18.2 Å². The van der Waals surface area contributed by atoms with Gasteiger partial charge in [-0.05, 0) is 18.6 Å². The van der Waals surface area contributed by atoms with Gasteiger partial charge in [-0.15, -0.1) is 0 Å². The lowest BCUT2D eigenvalue weighted by atomic mass is 10.2. The Morgan fingerprint density at radius 3 is 2.81 bits per heavy atom. The number of ether oxygens (including phenoxy) is 2. The second-order valence-corrected chi connectivity index (χ2v) is 3.30. The van der Waals surface area contributed by atoms with E-state index in [-0.39, 0.29) is 17.4 Å². The molecular formula is C12H14FNO2. The first-order valence-electron chi connectivity index (χ1n) is 5.07. The Balaban J connectivity index is 2.74. The van der Waals surface area contributed by atoms with Crippen LogP contribution in [0, 0.1) is 17.1 Å². The van der Waals surface area contributed by atoms with Crippen molar-refractivity contribution in [1.82, 2.24) is 0 Å². The summed E-state index contributed by atoms with van der Waals surface area (Å²) in [7, 11) is 1.59. The minimum atomic E-state index is -0.564. The van der Waals surface area contributed by atoms with Crippen LogP contribution in [0.1, 0.15) is 18.9 Å². The molecule has 1 unspecified atom stereocenters. The summed E-state index contributed by atoms with van der Waals surface area (Å²) in [5.74, 6) is -0.302. The van der Waals surface area contributed by atoms with Crippen molar-refractivity contribution in [2.24, 2.45) is 0 Å². The van der Waals surface area contributed by atoms with E-state index in [0.29, 0.717) is 6.61 Å². The Bertz CT molecular complexity index is 383. The number of nitriles is 1. The van der Waals surface area contributed by atoms with Crippen LogP contribution in [0.25, 0.3) is 0 Å². The van der Waals surface area contributed by atoms with Gasteiger partial charge in [0.25, 0.3) is 0 Å². The van der Waals surface area contributed by atoms with E-state index in [1.165, 1.54) is 12.1 Å². The molecule has 3 nitrogen and oxygen atoms in total. The monoisotopic (exact) mass is 223 g/mol. The fraction of sp³-hybridized carbons (Fsp3) is 0.417. The zero-order valence-electron chi connectivity index (χ0n) is 9.37. The number of rotatable bonds is 5. The zero-order valence-corrected chi connectivity index (χ0v) is 9.37. The van der Waals surface area contributed by atoms with Crippen molar-refractivity contribution in [2.45, 2.75) is 19.4 Å². The molecule has 1 atom stereocenters. The molecule has 0 aliphatic heterocycles. The van der Waals surface area contributed by atoms with Crippen molar-refractivity contribution in [2.75, 3.05) is 13.7 Å². The third-order valence-corrected chi connectivity index (χ3v) is 2.30. The standard InChI is InChI=1S/C12H14FNO2/c1-3-9(15-2)8-16-12-6-4-5-11(13)10(12)7-14/h4-6,9H,3,8H2,1-2H3. The quantitative estimate of drug-likeness (QED) is 0.770. The van der Waals surface area contributed by atoms with Gasteiger partial charge in [0.1, 0.15) is 29.8 Å². The first kappa shape index (κ1) is 12.5. The van der Waals surface area contributed by atoms with E-state index >= 15 is 0 Å². The van der Waals surface area contributed by atoms with Crippen molar-refractivity contribution in [3.8, 4) is 11.8 Å². The molecule has 0 fully saturated rings. The van der Waals surface area contributed by atoms with Gasteiger partial charge in [-0.3, -0.25) is 0 Å². The smallest absolute Gasteiger partial charge is 0.144 e. The summed E-state index contributed by atoms with van der Waals surface area (Å²) in [5.41, 5.74) is -0.0616. The molecule has 0 saturated heterocycles. The minimum Gasteiger partial charge on any atom is -0.489 e. The summed E-state index contributed by atoms with van der Waals surface area (Å²) in [4.78, 5) is 0. The van der Waals surface area contributed by atoms with E-state index in [1.807, 2.05) is 6.92 Å². The summed E-state index contributed by atoms with van der Waals surface area (Å²) < 4.78 is 23.7. The molecule has 0 aromatic heterocycles. The summed E-state index contributed by atoms with van der Waals surface area (Å²) >= 11 is 0. The second kappa shape index (κ2) is 6.09. The Morgan fingerprint density at radius 1 is 1.50 bits per heavy atom. The highest BCUT2D eigenvalue weighted by atomic mass is 19.1. The first-order chi connectivity index (χ1) is 7.72. The number of nitrogens with zero attached hydrogens (tertiary/aromatic N) is 1. The summed E-state index contributed by atoms with van der Waals surface area (Å²) in [6.45, 7) is 2.28. The van der Waals surface area contributed by atoms with Gasteiger partial charge >= 0.3 is 0 Å². The number of hydrogen-bond donors (Lipinski definition) is 0. The average Bonchev–Trinajstić information content (AvgIpc) is 2.30. The van der Waals surface area contributed by atoms with E-state index in [1.54, 1.807) is 19.2 Å². The molecule has 0 aliphatic rings. The molecule has 16 heavy (non-hydrogen) atoms. The van der Waals surface area contributed by atoms with Gasteiger partial charge in [-0.2, -0.15) is 5.26 Å². The van der Waals surface area contributed by atoms with Crippen molar-refractivity contribution < 1.29 is 13.9 Å². The Labute approximate surface area is 94.4 Å². The maximum Gasteiger partial charge on any atom is 0.144 e. The molecular weight excluding hydrogens is 209 g/mol. The predicted molar refractivity (Wildman–Crippen MR) is 57.7 cm³/mol. The van der Waals surface area contributed by atoms with Gasteiger partial charge in [0.05, 0.1) is 6.10 Å². The van der Waals surface area contributed by atoms with Crippen LogP contribution < -0.4 is 4.74 Å². The lowest BCUT2D eigenvalue weighted by Gasteiger charge is -2.14. The molecule has 0 spiro atoms. The van der Waals surface area contributed by atoms with E-state index in [9.17, 15) is 4.39 Å². The summed E-state index contributed by atoms with van der Waals surface area (Å²) in [5, 5.41) is 8.78. The molecule has 0 saturated carbocycles. The minimum absolute atomic E-state index is 0.0465. The third kappa shape index (κ3) is 2.94. The van der Waals surface area contributed by atoms with E-state index < -0.39 is 5.82 Å². The van der Waals surface area contributed by atoms with Crippen LogP contribution in [0.5, 0.6) is 5.75 Å².